The Hall–Kier alpha value is -4.01. The van der Waals surface area contributed by atoms with Gasteiger partial charge in [-0.1, -0.05) is 62.4 Å². The molecule has 0 saturated carbocycles. The summed E-state index contributed by atoms with van der Waals surface area (Å²) in [5, 5.41) is 24.1. The van der Waals surface area contributed by atoms with Crippen LogP contribution >= 0.6 is 0 Å². The summed E-state index contributed by atoms with van der Waals surface area (Å²) in [4.78, 5) is 25.5. The Bertz CT molecular complexity index is 1370. The number of tetrazole rings is 1. The Morgan fingerprint density at radius 3 is 2.29 bits per heavy atom. The lowest BCUT2D eigenvalue weighted by Gasteiger charge is -2.12. The first-order valence-corrected chi connectivity index (χ1v) is 11.8. The van der Waals surface area contributed by atoms with Gasteiger partial charge in [-0.05, 0) is 59.7 Å². The van der Waals surface area contributed by atoms with E-state index in [-0.39, 0.29) is 17.4 Å². The molecular weight excluding hydrogens is 444 g/mol. The molecule has 0 unspecified atom stereocenters. The van der Waals surface area contributed by atoms with Gasteiger partial charge in [0.2, 0.25) is 0 Å². The molecular formula is C26H30N6O3. The Kier molecular flexibility index (Phi) is 6.95. The van der Waals surface area contributed by atoms with E-state index in [0.29, 0.717) is 30.4 Å². The Morgan fingerprint density at radius 1 is 1.03 bits per heavy atom. The van der Waals surface area contributed by atoms with Gasteiger partial charge in [-0.25, -0.2) is 14.7 Å². The highest BCUT2D eigenvalue weighted by Crippen LogP contribution is 2.30. The molecule has 2 heterocycles. The number of aromatic amines is 1. The number of H-pyrrole nitrogens is 1. The van der Waals surface area contributed by atoms with Crippen molar-refractivity contribution < 1.29 is 9.90 Å². The van der Waals surface area contributed by atoms with Crippen LogP contribution in [0.3, 0.4) is 0 Å². The lowest BCUT2D eigenvalue weighted by Crippen LogP contribution is -2.27. The molecule has 2 aromatic carbocycles. The summed E-state index contributed by atoms with van der Waals surface area (Å²) in [5.74, 6) is -0.0917. The van der Waals surface area contributed by atoms with Gasteiger partial charge >= 0.3 is 11.7 Å². The molecule has 2 N–H and O–H groups in total. The molecule has 0 aliphatic heterocycles. The highest BCUT2D eigenvalue weighted by Gasteiger charge is 2.26. The van der Waals surface area contributed by atoms with Gasteiger partial charge in [0.15, 0.2) is 11.5 Å². The minimum atomic E-state index is -1.07. The number of carboxylic acid groups (broad SMARTS) is 1. The fourth-order valence-electron chi connectivity index (χ4n) is 4.34. The van der Waals surface area contributed by atoms with E-state index >= 15 is 0 Å². The molecule has 0 radical (unpaired) electrons. The van der Waals surface area contributed by atoms with Gasteiger partial charge in [-0.15, -0.1) is 5.10 Å². The average Bonchev–Trinajstić information content (AvgIpc) is 3.45. The predicted molar refractivity (Wildman–Crippen MR) is 133 cm³/mol. The van der Waals surface area contributed by atoms with E-state index in [9.17, 15) is 14.7 Å². The molecule has 2 aromatic heterocycles. The Morgan fingerprint density at radius 2 is 1.71 bits per heavy atom. The Balaban J connectivity index is 1.71. The lowest BCUT2D eigenvalue weighted by atomic mass is 9.98. The second kappa shape index (κ2) is 10.1. The van der Waals surface area contributed by atoms with E-state index in [1.807, 2.05) is 62.4 Å². The van der Waals surface area contributed by atoms with Crippen LogP contribution in [0.15, 0.2) is 53.3 Å². The van der Waals surface area contributed by atoms with Crippen LogP contribution in [0.5, 0.6) is 0 Å². The van der Waals surface area contributed by atoms with Crippen molar-refractivity contribution in [3.63, 3.8) is 0 Å². The molecule has 182 valence electrons. The van der Waals surface area contributed by atoms with Crippen LogP contribution in [-0.2, 0) is 13.0 Å². The monoisotopic (exact) mass is 474 g/mol. The number of nitrogens with zero attached hydrogens (tertiary/aromatic N) is 5. The number of benzene rings is 2. The number of carbonyl (C=O) groups is 1. The van der Waals surface area contributed by atoms with E-state index in [0.717, 1.165) is 28.7 Å². The minimum Gasteiger partial charge on any atom is -0.477 e. The van der Waals surface area contributed by atoms with Gasteiger partial charge < -0.3 is 5.11 Å². The highest BCUT2D eigenvalue weighted by atomic mass is 16.4. The molecule has 0 saturated heterocycles. The van der Waals surface area contributed by atoms with Crippen LogP contribution < -0.4 is 5.69 Å². The first-order valence-electron chi connectivity index (χ1n) is 11.8. The number of aromatic nitrogens is 6. The van der Waals surface area contributed by atoms with Crippen LogP contribution in [0, 0.1) is 5.92 Å². The predicted octanol–water partition coefficient (Wildman–Crippen LogP) is 4.41. The fraction of sp³-hybridized carbons (Fsp3) is 0.346. The maximum Gasteiger partial charge on any atom is 0.354 e. The first-order chi connectivity index (χ1) is 16.8. The molecule has 0 atom stereocenters. The van der Waals surface area contributed by atoms with Crippen LogP contribution in [0.2, 0.25) is 0 Å². The largest absolute Gasteiger partial charge is 0.477 e. The third-order valence-corrected chi connectivity index (χ3v) is 6.09. The number of hydrogen-bond donors (Lipinski definition) is 2. The van der Waals surface area contributed by atoms with Gasteiger partial charge in [0, 0.05) is 11.6 Å². The van der Waals surface area contributed by atoms with E-state index in [1.165, 1.54) is 4.57 Å². The first kappa shape index (κ1) is 24.1. The van der Waals surface area contributed by atoms with Crippen molar-refractivity contribution in [2.45, 2.75) is 53.1 Å². The highest BCUT2D eigenvalue weighted by molar-refractivity contribution is 5.87. The fourth-order valence-corrected chi connectivity index (χ4v) is 4.34. The third kappa shape index (κ3) is 4.94. The zero-order valence-corrected chi connectivity index (χ0v) is 20.4. The summed E-state index contributed by atoms with van der Waals surface area (Å²) in [5.41, 5.74) is 4.15. The maximum atomic E-state index is 13.3. The van der Waals surface area contributed by atoms with Gasteiger partial charge in [0.1, 0.15) is 0 Å². The summed E-state index contributed by atoms with van der Waals surface area (Å²) in [6, 6.07) is 15.5. The van der Waals surface area contributed by atoms with E-state index in [2.05, 4.69) is 34.5 Å². The number of aromatic carboxylic acids is 1. The maximum absolute atomic E-state index is 13.3. The standard InChI is InChI=1S/C26H30N6O3/c1-16(2)9-14-22-23(25(33)34)32(17(3)4)26(35)31(22)15-18-10-12-19(13-11-18)20-7-5-6-8-21(20)24-27-29-30-28-24/h5-8,10-13,16-17H,9,14-15H2,1-4H3,(H,33,34)(H,27,28,29,30). The molecule has 0 bridgehead atoms. The second-order valence-electron chi connectivity index (χ2n) is 9.36. The van der Waals surface area contributed by atoms with E-state index in [4.69, 9.17) is 0 Å². The summed E-state index contributed by atoms with van der Waals surface area (Å²) in [6.07, 6.45) is 1.33. The summed E-state index contributed by atoms with van der Waals surface area (Å²) in [7, 11) is 0. The number of nitrogens with one attached hydrogen (secondary N) is 1. The molecule has 0 aliphatic rings. The van der Waals surface area contributed by atoms with Crippen LogP contribution in [0.4, 0.5) is 0 Å². The summed E-state index contributed by atoms with van der Waals surface area (Å²) in [6.45, 7) is 8.16. The van der Waals surface area contributed by atoms with Crippen molar-refractivity contribution in [2.75, 3.05) is 0 Å². The van der Waals surface area contributed by atoms with Crippen LogP contribution in [0.25, 0.3) is 22.5 Å². The minimum absolute atomic E-state index is 0.0943. The SMILES string of the molecule is CC(C)CCc1c(C(=O)O)n(C(C)C)c(=O)n1Cc1ccc(-c2ccccc2-c2nnn[nH]2)cc1. The topological polar surface area (TPSA) is 119 Å². The van der Waals surface area contributed by atoms with Gasteiger partial charge in [-0.2, -0.15) is 0 Å². The van der Waals surface area contributed by atoms with Crippen molar-refractivity contribution in [3.05, 3.63) is 76.0 Å². The smallest absolute Gasteiger partial charge is 0.354 e. The molecule has 0 aliphatic carbocycles. The number of imidazole rings is 1. The molecule has 9 nitrogen and oxygen atoms in total. The van der Waals surface area contributed by atoms with Crippen LogP contribution in [-0.4, -0.2) is 40.8 Å². The molecule has 0 amide bonds. The molecule has 9 heteroatoms. The summed E-state index contributed by atoms with van der Waals surface area (Å²) >= 11 is 0. The van der Waals surface area contributed by atoms with Crippen molar-refractivity contribution in [2.24, 2.45) is 5.92 Å². The molecule has 0 fully saturated rings. The normalized spacial score (nSPS) is 11.5. The van der Waals surface area contributed by atoms with Crippen molar-refractivity contribution in [1.82, 2.24) is 29.8 Å². The van der Waals surface area contributed by atoms with Crippen molar-refractivity contribution in [3.8, 4) is 22.5 Å². The van der Waals surface area contributed by atoms with Crippen LogP contribution in [0.1, 0.15) is 61.9 Å². The zero-order chi connectivity index (χ0) is 25.1. The van der Waals surface area contributed by atoms with E-state index < -0.39 is 5.97 Å². The van der Waals surface area contributed by atoms with Gasteiger partial charge in [-0.3, -0.25) is 9.13 Å². The van der Waals surface area contributed by atoms with Crippen molar-refractivity contribution in [1.29, 1.82) is 0 Å². The number of rotatable bonds is 9. The second-order valence-corrected chi connectivity index (χ2v) is 9.36. The van der Waals surface area contributed by atoms with Gasteiger partial charge in [0.25, 0.3) is 0 Å². The molecule has 0 spiro atoms. The van der Waals surface area contributed by atoms with Crippen molar-refractivity contribution >= 4 is 5.97 Å². The average molecular weight is 475 g/mol. The number of carboxylic acids is 1. The Labute approximate surface area is 203 Å². The molecule has 4 rings (SSSR count). The van der Waals surface area contributed by atoms with Gasteiger partial charge in [0.05, 0.1) is 12.2 Å². The number of hydrogen-bond acceptors (Lipinski definition) is 5. The zero-order valence-electron chi connectivity index (χ0n) is 20.4. The third-order valence-electron chi connectivity index (χ3n) is 6.09. The lowest BCUT2D eigenvalue weighted by molar-refractivity contribution is 0.0681. The quantitative estimate of drug-likeness (QED) is 0.371. The summed E-state index contributed by atoms with van der Waals surface area (Å²) < 4.78 is 3.02. The molecule has 35 heavy (non-hydrogen) atoms. The molecule has 4 aromatic rings. The van der Waals surface area contributed by atoms with E-state index in [1.54, 1.807) is 4.57 Å².